The minimum Gasteiger partial charge on any atom is -0.258 e. The molecule has 0 aliphatic carbocycles. The largest absolute Gasteiger partial charge is 0.272 e. The minimum absolute atomic E-state index is 0.140. The zero-order valence-corrected chi connectivity index (χ0v) is 12.1. The fraction of sp³-hybridized carbons (Fsp3) is 0.0625. The summed E-state index contributed by atoms with van der Waals surface area (Å²) in [6.45, 7) is 1.74. The smallest absolute Gasteiger partial charge is 0.258 e. The van der Waals surface area contributed by atoms with E-state index in [2.05, 4.69) is 4.98 Å². The highest BCUT2D eigenvalue weighted by Crippen LogP contribution is 2.24. The van der Waals surface area contributed by atoms with Gasteiger partial charge >= 0.3 is 0 Å². The third-order valence-corrected chi connectivity index (χ3v) is 4.16. The summed E-state index contributed by atoms with van der Waals surface area (Å²) in [7, 11) is 0. The van der Waals surface area contributed by atoms with E-state index in [1.807, 2.05) is 42.5 Å². The van der Waals surface area contributed by atoms with Crippen LogP contribution in [-0.2, 0) is 0 Å². The number of nitro benzene ring substituents is 1. The van der Waals surface area contributed by atoms with Crippen molar-refractivity contribution in [3.05, 3.63) is 68.7 Å². The summed E-state index contributed by atoms with van der Waals surface area (Å²) in [5, 5.41) is 11.8. The lowest BCUT2D eigenvalue weighted by Crippen LogP contribution is -1.91. The Bertz CT molecular complexity index is 819. The van der Waals surface area contributed by atoms with Crippen LogP contribution >= 0.6 is 11.3 Å². The Morgan fingerprint density at radius 2 is 2.00 bits per heavy atom. The van der Waals surface area contributed by atoms with Crippen molar-refractivity contribution in [3.63, 3.8) is 0 Å². The molecular weight excluding hydrogens is 284 g/mol. The highest BCUT2D eigenvalue weighted by molar-refractivity contribution is 7.19. The molecule has 2 aromatic carbocycles. The van der Waals surface area contributed by atoms with E-state index in [1.165, 1.54) is 0 Å². The number of rotatable bonds is 3. The van der Waals surface area contributed by atoms with Crippen LogP contribution in [0.1, 0.15) is 16.1 Å². The molecule has 0 N–H and O–H groups in total. The molecule has 0 aliphatic rings. The summed E-state index contributed by atoms with van der Waals surface area (Å²) < 4.78 is 1.13. The molecule has 0 saturated carbocycles. The van der Waals surface area contributed by atoms with E-state index >= 15 is 0 Å². The molecule has 0 bridgehead atoms. The SMILES string of the molecule is Cc1ccc(C=Cc2nc3ccccc3s2)cc1[N+](=O)[O-]. The molecule has 0 saturated heterocycles. The number of fused-ring (bicyclic) bond motifs is 1. The van der Waals surface area contributed by atoms with Gasteiger partial charge in [-0.3, -0.25) is 10.1 Å². The van der Waals surface area contributed by atoms with Crippen LogP contribution in [0.3, 0.4) is 0 Å². The van der Waals surface area contributed by atoms with Crippen LogP contribution < -0.4 is 0 Å². The normalized spacial score (nSPS) is 11.3. The van der Waals surface area contributed by atoms with Gasteiger partial charge in [-0.2, -0.15) is 0 Å². The quantitative estimate of drug-likeness (QED) is 0.520. The number of thiazole rings is 1. The van der Waals surface area contributed by atoms with E-state index in [4.69, 9.17) is 0 Å². The average molecular weight is 296 g/mol. The number of aromatic nitrogens is 1. The maximum atomic E-state index is 10.9. The van der Waals surface area contributed by atoms with Crippen LogP contribution in [-0.4, -0.2) is 9.91 Å². The summed E-state index contributed by atoms with van der Waals surface area (Å²) in [6, 6.07) is 13.2. The number of hydrogen-bond acceptors (Lipinski definition) is 4. The van der Waals surface area contributed by atoms with Gasteiger partial charge in [-0.15, -0.1) is 11.3 Å². The van der Waals surface area contributed by atoms with E-state index in [0.717, 1.165) is 20.8 Å². The predicted octanol–water partition coefficient (Wildman–Crippen LogP) is 4.68. The summed E-state index contributed by atoms with van der Waals surface area (Å²) in [5.41, 5.74) is 2.57. The number of benzene rings is 2. The Balaban J connectivity index is 1.92. The van der Waals surface area contributed by atoms with Crippen LogP contribution in [0.4, 0.5) is 5.69 Å². The predicted molar refractivity (Wildman–Crippen MR) is 86.4 cm³/mol. The van der Waals surface area contributed by atoms with Gasteiger partial charge in [0.1, 0.15) is 5.01 Å². The lowest BCUT2D eigenvalue weighted by Gasteiger charge is -1.98. The van der Waals surface area contributed by atoms with Gasteiger partial charge in [0.25, 0.3) is 5.69 Å². The Morgan fingerprint density at radius 1 is 1.19 bits per heavy atom. The average Bonchev–Trinajstić information content (AvgIpc) is 2.89. The van der Waals surface area contributed by atoms with Gasteiger partial charge in [0.2, 0.25) is 0 Å². The van der Waals surface area contributed by atoms with Gasteiger partial charge in [0.15, 0.2) is 0 Å². The fourth-order valence-electron chi connectivity index (χ4n) is 2.06. The van der Waals surface area contributed by atoms with E-state index in [9.17, 15) is 10.1 Å². The molecule has 1 aromatic heterocycles. The topological polar surface area (TPSA) is 56.0 Å². The van der Waals surface area contributed by atoms with Gasteiger partial charge in [-0.25, -0.2) is 4.98 Å². The summed E-state index contributed by atoms with van der Waals surface area (Å²) in [5.74, 6) is 0. The molecule has 0 amide bonds. The Hall–Kier alpha value is -2.53. The van der Waals surface area contributed by atoms with Gasteiger partial charge in [-0.05, 0) is 30.7 Å². The lowest BCUT2D eigenvalue weighted by atomic mass is 10.1. The first-order valence-corrected chi connectivity index (χ1v) is 7.24. The van der Waals surface area contributed by atoms with Crippen molar-refractivity contribution in [2.45, 2.75) is 6.92 Å². The lowest BCUT2D eigenvalue weighted by molar-refractivity contribution is -0.385. The Labute approximate surface area is 125 Å². The van der Waals surface area contributed by atoms with Crippen molar-refractivity contribution in [1.82, 2.24) is 4.98 Å². The highest BCUT2D eigenvalue weighted by Gasteiger charge is 2.09. The number of aryl methyl sites for hydroxylation is 1. The van der Waals surface area contributed by atoms with Crippen LogP contribution in [0.15, 0.2) is 42.5 Å². The number of para-hydroxylation sites is 1. The van der Waals surface area contributed by atoms with Gasteiger partial charge in [0.05, 0.1) is 15.1 Å². The maximum Gasteiger partial charge on any atom is 0.272 e. The second-order valence-corrected chi connectivity index (χ2v) is 5.72. The molecule has 0 unspecified atom stereocenters. The fourth-order valence-corrected chi connectivity index (χ4v) is 2.93. The third-order valence-electron chi connectivity index (χ3n) is 3.16. The molecule has 0 aliphatic heterocycles. The first-order valence-electron chi connectivity index (χ1n) is 6.42. The van der Waals surface area contributed by atoms with Crippen molar-refractivity contribution in [2.75, 3.05) is 0 Å². The summed E-state index contributed by atoms with van der Waals surface area (Å²) in [4.78, 5) is 15.1. The van der Waals surface area contributed by atoms with Crippen LogP contribution in [0.25, 0.3) is 22.4 Å². The highest BCUT2D eigenvalue weighted by atomic mass is 32.1. The second kappa shape index (κ2) is 5.46. The summed E-state index contributed by atoms with van der Waals surface area (Å²) >= 11 is 1.60. The van der Waals surface area contributed by atoms with Gasteiger partial charge < -0.3 is 0 Å². The molecule has 0 spiro atoms. The van der Waals surface area contributed by atoms with Crippen molar-refractivity contribution >= 4 is 39.4 Å². The maximum absolute atomic E-state index is 10.9. The van der Waals surface area contributed by atoms with Crippen LogP contribution in [0.5, 0.6) is 0 Å². The second-order valence-electron chi connectivity index (χ2n) is 4.66. The molecule has 104 valence electrons. The van der Waals surface area contributed by atoms with Crippen LogP contribution in [0, 0.1) is 17.0 Å². The first-order chi connectivity index (χ1) is 10.1. The molecule has 4 nitrogen and oxygen atoms in total. The van der Waals surface area contributed by atoms with E-state index in [0.29, 0.717) is 5.56 Å². The number of nitrogens with zero attached hydrogens (tertiary/aromatic N) is 2. The molecule has 0 atom stereocenters. The zero-order valence-electron chi connectivity index (χ0n) is 11.3. The number of hydrogen-bond donors (Lipinski definition) is 0. The molecule has 21 heavy (non-hydrogen) atoms. The molecule has 3 aromatic rings. The van der Waals surface area contributed by atoms with E-state index in [-0.39, 0.29) is 10.6 Å². The Kier molecular flexibility index (Phi) is 3.50. The van der Waals surface area contributed by atoms with Crippen LogP contribution in [0.2, 0.25) is 0 Å². The molecule has 5 heteroatoms. The number of nitro groups is 1. The third kappa shape index (κ3) is 2.83. The van der Waals surface area contributed by atoms with Gasteiger partial charge in [0, 0.05) is 11.6 Å². The first kappa shape index (κ1) is 13.5. The molecule has 0 radical (unpaired) electrons. The van der Waals surface area contributed by atoms with E-state index in [1.54, 1.807) is 30.4 Å². The summed E-state index contributed by atoms with van der Waals surface area (Å²) in [6.07, 6.45) is 3.74. The zero-order chi connectivity index (χ0) is 14.8. The van der Waals surface area contributed by atoms with Crippen molar-refractivity contribution in [2.24, 2.45) is 0 Å². The van der Waals surface area contributed by atoms with Crippen molar-refractivity contribution in [1.29, 1.82) is 0 Å². The van der Waals surface area contributed by atoms with Crippen molar-refractivity contribution < 1.29 is 4.92 Å². The standard InChI is InChI=1S/C16H12N2O2S/c1-11-6-7-12(10-14(11)18(19)20)8-9-16-17-13-4-2-3-5-15(13)21-16/h2-10H,1H3. The van der Waals surface area contributed by atoms with Crippen molar-refractivity contribution in [3.8, 4) is 0 Å². The molecule has 0 fully saturated rings. The van der Waals surface area contributed by atoms with Gasteiger partial charge in [-0.1, -0.05) is 30.3 Å². The molecule has 3 rings (SSSR count). The molecular formula is C16H12N2O2S. The Morgan fingerprint density at radius 3 is 2.76 bits per heavy atom. The monoisotopic (exact) mass is 296 g/mol. The minimum atomic E-state index is -0.357. The molecule has 1 heterocycles. The van der Waals surface area contributed by atoms with E-state index < -0.39 is 0 Å².